The van der Waals surface area contributed by atoms with Crippen LogP contribution in [-0.4, -0.2) is 13.3 Å². The maximum atomic E-state index is 5.75. The Labute approximate surface area is 112 Å². The van der Waals surface area contributed by atoms with Crippen LogP contribution in [0, 0.1) is 0 Å². The van der Waals surface area contributed by atoms with Gasteiger partial charge in [0, 0.05) is 19.3 Å². The van der Waals surface area contributed by atoms with Crippen LogP contribution >= 0.6 is 0 Å². The van der Waals surface area contributed by atoms with E-state index in [-0.39, 0.29) is 0 Å². The van der Waals surface area contributed by atoms with Crippen molar-refractivity contribution in [3.05, 3.63) is 66.6 Å². The molecule has 3 rings (SSSR count). The number of aliphatic imine (C=N–C) groups is 1. The highest BCUT2D eigenvalue weighted by atomic mass is 16.5. The number of anilines is 1. The average Bonchev–Trinajstić information content (AvgIpc) is 2.78. The summed E-state index contributed by atoms with van der Waals surface area (Å²) in [6.07, 6.45) is 3.63. The van der Waals surface area contributed by atoms with Crippen molar-refractivity contribution in [2.45, 2.75) is 0 Å². The van der Waals surface area contributed by atoms with E-state index in [0.717, 1.165) is 23.0 Å². The molecule has 2 aromatic rings. The van der Waals surface area contributed by atoms with E-state index >= 15 is 0 Å². The summed E-state index contributed by atoms with van der Waals surface area (Å²) < 4.78 is 5.75. The molecule has 1 aliphatic heterocycles. The minimum Gasteiger partial charge on any atom is -0.439 e. The number of fused-ring (bicyclic) bond motifs is 1. The summed E-state index contributed by atoms with van der Waals surface area (Å²) in [5.41, 5.74) is 2.00. The van der Waals surface area contributed by atoms with Gasteiger partial charge in [-0.05, 0) is 24.3 Å². The minimum atomic E-state index is 0.779. The first-order valence-electron chi connectivity index (χ1n) is 6.14. The molecule has 0 aliphatic carbocycles. The van der Waals surface area contributed by atoms with E-state index in [4.69, 9.17) is 4.74 Å². The molecule has 3 heteroatoms. The first-order chi connectivity index (χ1) is 9.34. The molecule has 1 aliphatic rings. The molecule has 0 saturated carbocycles. The Balaban J connectivity index is 1.78. The van der Waals surface area contributed by atoms with Gasteiger partial charge in [0.15, 0.2) is 5.75 Å². The quantitative estimate of drug-likeness (QED) is 0.758. The van der Waals surface area contributed by atoms with Gasteiger partial charge in [0.05, 0.1) is 11.4 Å². The van der Waals surface area contributed by atoms with Crippen molar-refractivity contribution in [3.63, 3.8) is 0 Å². The molecule has 0 saturated heterocycles. The van der Waals surface area contributed by atoms with Crippen molar-refractivity contribution in [3.8, 4) is 5.75 Å². The molecule has 0 radical (unpaired) electrons. The summed E-state index contributed by atoms with van der Waals surface area (Å²) >= 11 is 0. The second-order valence-electron chi connectivity index (χ2n) is 4.25. The maximum absolute atomic E-state index is 5.75. The number of hydrogen-bond donors (Lipinski definition) is 0. The first kappa shape index (κ1) is 11.5. The lowest BCUT2D eigenvalue weighted by molar-refractivity contribution is 0.445. The number of rotatable bonds is 2. The van der Waals surface area contributed by atoms with Crippen LogP contribution < -0.4 is 9.64 Å². The lowest BCUT2D eigenvalue weighted by Crippen LogP contribution is -2.13. The van der Waals surface area contributed by atoms with Crippen LogP contribution in [0.3, 0.4) is 0 Å². The summed E-state index contributed by atoms with van der Waals surface area (Å²) in [5.74, 6) is 1.66. The van der Waals surface area contributed by atoms with Gasteiger partial charge in [0.1, 0.15) is 0 Å². The van der Waals surface area contributed by atoms with Crippen molar-refractivity contribution in [2.75, 3.05) is 11.9 Å². The summed E-state index contributed by atoms with van der Waals surface area (Å²) in [5, 5.41) is 0. The second-order valence-corrected chi connectivity index (χ2v) is 4.25. The van der Waals surface area contributed by atoms with Crippen molar-refractivity contribution < 1.29 is 4.74 Å². The lowest BCUT2D eigenvalue weighted by atomic mass is 10.3. The summed E-state index contributed by atoms with van der Waals surface area (Å²) in [6.45, 7) is 0. The maximum Gasteiger partial charge on any atom is 0.201 e. The van der Waals surface area contributed by atoms with E-state index in [1.54, 1.807) is 6.21 Å². The topological polar surface area (TPSA) is 24.8 Å². The highest BCUT2D eigenvalue weighted by Gasteiger charge is 2.21. The van der Waals surface area contributed by atoms with Crippen molar-refractivity contribution >= 4 is 17.6 Å². The van der Waals surface area contributed by atoms with E-state index in [1.807, 2.05) is 72.6 Å². The third kappa shape index (κ3) is 2.36. The van der Waals surface area contributed by atoms with Gasteiger partial charge in [0.25, 0.3) is 0 Å². The van der Waals surface area contributed by atoms with Gasteiger partial charge in [-0.3, -0.25) is 4.99 Å². The average molecular weight is 250 g/mol. The number of ether oxygens (including phenoxy) is 1. The molecular formula is C16H14N2O. The van der Waals surface area contributed by atoms with Crippen molar-refractivity contribution in [2.24, 2.45) is 4.99 Å². The molecule has 0 atom stereocenters. The monoisotopic (exact) mass is 250 g/mol. The van der Waals surface area contributed by atoms with Crippen LogP contribution in [0.1, 0.15) is 0 Å². The number of hydrogen-bond acceptors (Lipinski definition) is 3. The molecule has 0 bridgehead atoms. The Bertz CT molecular complexity index is 632. The molecule has 3 nitrogen and oxygen atoms in total. The summed E-state index contributed by atoms with van der Waals surface area (Å²) in [6, 6.07) is 17.8. The van der Waals surface area contributed by atoms with Crippen LogP contribution in [0.5, 0.6) is 5.75 Å². The van der Waals surface area contributed by atoms with Crippen LogP contribution in [0.15, 0.2) is 71.5 Å². The van der Waals surface area contributed by atoms with Gasteiger partial charge < -0.3 is 9.64 Å². The Kier molecular flexibility index (Phi) is 3.02. The molecule has 0 fully saturated rings. The highest BCUT2D eigenvalue weighted by Crippen LogP contribution is 2.36. The van der Waals surface area contributed by atoms with Crippen LogP contribution in [0.2, 0.25) is 0 Å². The van der Waals surface area contributed by atoms with Crippen molar-refractivity contribution in [1.29, 1.82) is 0 Å². The number of allylic oxidation sites excluding steroid dienone is 1. The Morgan fingerprint density at radius 1 is 1.00 bits per heavy atom. The lowest BCUT2D eigenvalue weighted by Gasteiger charge is -2.09. The highest BCUT2D eigenvalue weighted by molar-refractivity contribution is 5.78. The Morgan fingerprint density at radius 2 is 1.74 bits per heavy atom. The minimum absolute atomic E-state index is 0.779. The van der Waals surface area contributed by atoms with Gasteiger partial charge in [0.2, 0.25) is 5.88 Å². The Hall–Kier alpha value is -2.55. The zero-order valence-corrected chi connectivity index (χ0v) is 10.7. The zero-order chi connectivity index (χ0) is 13.1. The summed E-state index contributed by atoms with van der Waals surface area (Å²) in [7, 11) is 1.98. The number of nitrogens with zero attached hydrogens (tertiary/aromatic N) is 2. The van der Waals surface area contributed by atoms with Gasteiger partial charge in [-0.2, -0.15) is 0 Å². The molecule has 0 unspecified atom stereocenters. The first-order valence-corrected chi connectivity index (χ1v) is 6.14. The predicted molar refractivity (Wildman–Crippen MR) is 78.2 cm³/mol. The van der Waals surface area contributed by atoms with Gasteiger partial charge in [-0.25, -0.2) is 0 Å². The van der Waals surface area contributed by atoms with Gasteiger partial charge in [-0.15, -0.1) is 0 Å². The standard InChI is InChI=1S/C16H14N2O/c1-18-14-9-5-6-10-15(14)19-16(18)11-12-17-13-7-3-2-4-8-13/h2-12H,1H3. The SMILES string of the molecule is CN1C(=CC=Nc2ccccc2)Oc2ccccc21. The number of para-hydroxylation sites is 3. The number of benzene rings is 2. The molecule has 0 N–H and O–H groups in total. The molecular weight excluding hydrogens is 236 g/mol. The fraction of sp³-hybridized carbons (Fsp3) is 0.0625. The van der Waals surface area contributed by atoms with Gasteiger partial charge >= 0.3 is 0 Å². The molecule has 19 heavy (non-hydrogen) atoms. The summed E-state index contributed by atoms with van der Waals surface area (Å²) in [4.78, 5) is 6.37. The van der Waals surface area contributed by atoms with Crippen LogP contribution in [0.4, 0.5) is 11.4 Å². The van der Waals surface area contributed by atoms with Crippen molar-refractivity contribution in [1.82, 2.24) is 0 Å². The van der Waals surface area contributed by atoms with Gasteiger partial charge in [-0.1, -0.05) is 30.3 Å². The molecule has 94 valence electrons. The zero-order valence-electron chi connectivity index (χ0n) is 10.7. The molecule has 2 aromatic carbocycles. The largest absolute Gasteiger partial charge is 0.439 e. The van der Waals surface area contributed by atoms with E-state index in [2.05, 4.69) is 4.99 Å². The van der Waals surface area contributed by atoms with E-state index in [1.165, 1.54) is 0 Å². The predicted octanol–water partition coefficient (Wildman–Crippen LogP) is 3.76. The molecule has 1 heterocycles. The fourth-order valence-electron chi connectivity index (χ4n) is 1.97. The van der Waals surface area contributed by atoms with E-state index in [0.29, 0.717) is 0 Å². The van der Waals surface area contributed by atoms with Crippen LogP contribution in [-0.2, 0) is 0 Å². The fourth-order valence-corrected chi connectivity index (χ4v) is 1.97. The van der Waals surface area contributed by atoms with E-state index < -0.39 is 0 Å². The smallest absolute Gasteiger partial charge is 0.201 e. The molecule has 0 amide bonds. The third-order valence-electron chi connectivity index (χ3n) is 2.97. The normalized spacial score (nSPS) is 15.8. The molecule has 0 aromatic heterocycles. The Morgan fingerprint density at radius 3 is 2.53 bits per heavy atom. The molecule has 0 spiro atoms. The van der Waals surface area contributed by atoms with E-state index in [9.17, 15) is 0 Å². The third-order valence-corrected chi connectivity index (χ3v) is 2.97. The van der Waals surface area contributed by atoms with Crippen LogP contribution in [0.25, 0.3) is 0 Å². The second kappa shape index (κ2) is 4.98.